The summed E-state index contributed by atoms with van der Waals surface area (Å²) in [5.41, 5.74) is 1.02. The Labute approximate surface area is 108 Å². The van der Waals surface area contributed by atoms with Crippen molar-refractivity contribution in [3.63, 3.8) is 0 Å². The molecule has 0 aromatic carbocycles. The van der Waals surface area contributed by atoms with Crippen LogP contribution in [0.3, 0.4) is 0 Å². The summed E-state index contributed by atoms with van der Waals surface area (Å²) in [7, 11) is 2.10. The van der Waals surface area contributed by atoms with E-state index in [1.807, 2.05) is 0 Å². The van der Waals surface area contributed by atoms with Crippen molar-refractivity contribution in [3.8, 4) is 0 Å². The molecule has 0 spiro atoms. The molecule has 0 aliphatic carbocycles. The second-order valence-electron chi connectivity index (χ2n) is 4.06. The SMILES string of the molecule is CCCc1c(Cl)ncnc1NCCN(C)CC. The molecule has 0 saturated heterocycles. The van der Waals surface area contributed by atoms with E-state index in [0.717, 1.165) is 43.9 Å². The molecule has 0 unspecified atom stereocenters. The monoisotopic (exact) mass is 256 g/mol. The van der Waals surface area contributed by atoms with Crippen LogP contribution >= 0.6 is 11.6 Å². The van der Waals surface area contributed by atoms with Gasteiger partial charge in [0, 0.05) is 18.7 Å². The molecule has 0 amide bonds. The van der Waals surface area contributed by atoms with E-state index in [9.17, 15) is 0 Å². The molecule has 0 radical (unpaired) electrons. The Morgan fingerprint density at radius 2 is 2.12 bits per heavy atom. The van der Waals surface area contributed by atoms with E-state index in [-0.39, 0.29) is 0 Å². The lowest BCUT2D eigenvalue weighted by molar-refractivity contribution is 0.367. The number of nitrogens with one attached hydrogen (secondary N) is 1. The van der Waals surface area contributed by atoms with E-state index in [2.05, 4.69) is 41.1 Å². The van der Waals surface area contributed by atoms with Crippen LogP contribution in [0.4, 0.5) is 5.82 Å². The number of rotatable bonds is 7. The van der Waals surface area contributed by atoms with Crippen molar-refractivity contribution < 1.29 is 0 Å². The maximum absolute atomic E-state index is 6.08. The Kier molecular flexibility index (Phi) is 6.22. The predicted octanol–water partition coefficient (Wildman–Crippen LogP) is 2.45. The van der Waals surface area contributed by atoms with Gasteiger partial charge in [0.1, 0.15) is 17.3 Å². The fourth-order valence-corrected chi connectivity index (χ4v) is 1.77. The van der Waals surface area contributed by atoms with Crippen LogP contribution in [0.15, 0.2) is 6.33 Å². The van der Waals surface area contributed by atoms with Gasteiger partial charge in [0.25, 0.3) is 0 Å². The lowest BCUT2D eigenvalue weighted by Gasteiger charge is -2.16. The summed E-state index contributed by atoms with van der Waals surface area (Å²) in [6, 6.07) is 0. The van der Waals surface area contributed by atoms with E-state index in [4.69, 9.17) is 11.6 Å². The first-order valence-corrected chi connectivity index (χ1v) is 6.48. The molecule has 1 aromatic heterocycles. The smallest absolute Gasteiger partial charge is 0.137 e. The lowest BCUT2D eigenvalue weighted by atomic mass is 10.2. The fourth-order valence-electron chi connectivity index (χ4n) is 1.54. The fraction of sp³-hybridized carbons (Fsp3) is 0.667. The first kappa shape index (κ1) is 14.2. The zero-order valence-electron chi connectivity index (χ0n) is 10.8. The molecular weight excluding hydrogens is 236 g/mol. The van der Waals surface area contributed by atoms with Crippen molar-refractivity contribution >= 4 is 17.4 Å². The zero-order chi connectivity index (χ0) is 12.7. The number of likely N-dealkylation sites (N-methyl/N-ethyl adjacent to an activating group) is 1. The third-order valence-corrected chi connectivity index (χ3v) is 3.04. The summed E-state index contributed by atoms with van der Waals surface area (Å²) in [6.45, 7) is 7.17. The van der Waals surface area contributed by atoms with E-state index >= 15 is 0 Å². The van der Waals surface area contributed by atoms with Gasteiger partial charge in [-0.1, -0.05) is 31.9 Å². The number of nitrogens with zero attached hydrogens (tertiary/aromatic N) is 3. The van der Waals surface area contributed by atoms with Gasteiger partial charge in [0.15, 0.2) is 0 Å². The summed E-state index contributed by atoms with van der Waals surface area (Å²) in [6.07, 6.45) is 3.45. The van der Waals surface area contributed by atoms with Crippen molar-refractivity contribution in [2.45, 2.75) is 26.7 Å². The average molecular weight is 257 g/mol. The van der Waals surface area contributed by atoms with Gasteiger partial charge in [0.2, 0.25) is 0 Å². The molecule has 1 heterocycles. The number of hydrogen-bond donors (Lipinski definition) is 1. The Morgan fingerprint density at radius 1 is 1.35 bits per heavy atom. The van der Waals surface area contributed by atoms with Crippen molar-refractivity contribution in [1.82, 2.24) is 14.9 Å². The van der Waals surface area contributed by atoms with E-state index in [1.54, 1.807) is 0 Å². The van der Waals surface area contributed by atoms with Crippen LogP contribution in [-0.2, 0) is 6.42 Å². The topological polar surface area (TPSA) is 41.1 Å². The predicted molar refractivity (Wildman–Crippen MR) is 72.7 cm³/mol. The second kappa shape index (κ2) is 7.45. The molecule has 0 aliphatic heterocycles. The Morgan fingerprint density at radius 3 is 2.76 bits per heavy atom. The van der Waals surface area contributed by atoms with E-state index in [0.29, 0.717) is 5.15 Å². The van der Waals surface area contributed by atoms with Crippen LogP contribution in [0.25, 0.3) is 0 Å². The highest BCUT2D eigenvalue weighted by atomic mass is 35.5. The lowest BCUT2D eigenvalue weighted by Crippen LogP contribution is -2.25. The second-order valence-corrected chi connectivity index (χ2v) is 4.42. The van der Waals surface area contributed by atoms with Gasteiger partial charge < -0.3 is 10.2 Å². The molecular formula is C12H21ClN4. The first-order valence-electron chi connectivity index (χ1n) is 6.10. The van der Waals surface area contributed by atoms with Gasteiger partial charge in [-0.25, -0.2) is 9.97 Å². The van der Waals surface area contributed by atoms with Gasteiger partial charge in [-0.3, -0.25) is 0 Å². The minimum Gasteiger partial charge on any atom is -0.368 e. The molecule has 0 atom stereocenters. The van der Waals surface area contributed by atoms with Crippen molar-refractivity contribution in [3.05, 3.63) is 17.0 Å². The molecule has 0 bridgehead atoms. The summed E-state index contributed by atoms with van der Waals surface area (Å²) in [5.74, 6) is 0.872. The minimum absolute atomic E-state index is 0.563. The highest BCUT2D eigenvalue weighted by Crippen LogP contribution is 2.20. The maximum Gasteiger partial charge on any atom is 0.137 e. The van der Waals surface area contributed by atoms with Gasteiger partial charge in [-0.2, -0.15) is 0 Å². The highest BCUT2D eigenvalue weighted by Gasteiger charge is 2.08. The average Bonchev–Trinajstić information content (AvgIpc) is 2.33. The molecule has 17 heavy (non-hydrogen) atoms. The molecule has 0 aliphatic rings. The molecule has 1 rings (SSSR count). The third kappa shape index (κ3) is 4.48. The number of hydrogen-bond acceptors (Lipinski definition) is 4. The molecule has 5 heteroatoms. The number of aromatic nitrogens is 2. The molecule has 0 fully saturated rings. The van der Waals surface area contributed by atoms with Crippen LogP contribution in [-0.4, -0.2) is 41.5 Å². The Balaban J connectivity index is 2.60. The standard InChI is InChI=1S/C12H21ClN4/c1-4-6-10-11(13)15-9-16-12(10)14-7-8-17(3)5-2/h9H,4-8H2,1-3H3,(H,14,15,16). The minimum atomic E-state index is 0.563. The Bertz CT molecular complexity index is 343. The summed E-state index contributed by atoms with van der Waals surface area (Å²) in [4.78, 5) is 10.5. The molecule has 1 aromatic rings. The zero-order valence-corrected chi connectivity index (χ0v) is 11.6. The van der Waals surface area contributed by atoms with E-state index < -0.39 is 0 Å². The van der Waals surface area contributed by atoms with Gasteiger partial charge in [-0.05, 0) is 20.0 Å². The molecule has 0 saturated carbocycles. The number of anilines is 1. The number of halogens is 1. The molecule has 4 nitrogen and oxygen atoms in total. The first-order chi connectivity index (χ1) is 8.19. The van der Waals surface area contributed by atoms with Crippen molar-refractivity contribution in [2.75, 3.05) is 32.0 Å². The van der Waals surface area contributed by atoms with E-state index in [1.165, 1.54) is 6.33 Å². The summed E-state index contributed by atoms with van der Waals surface area (Å²) >= 11 is 6.08. The van der Waals surface area contributed by atoms with Crippen molar-refractivity contribution in [2.24, 2.45) is 0 Å². The summed E-state index contributed by atoms with van der Waals surface area (Å²) in [5, 5.41) is 3.89. The maximum atomic E-state index is 6.08. The Hall–Kier alpha value is -0.870. The van der Waals surface area contributed by atoms with Crippen LogP contribution < -0.4 is 5.32 Å². The summed E-state index contributed by atoms with van der Waals surface area (Å²) < 4.78 is 0. The van der Waals surface area contributed by atoms with Crippen LogP contribution in [0.1, 0.15) is 25.8 Å². The van der Waals surface area contributed by atoms with Gasteiger partial charge in [-0.15, -0.1) is 0 Å². The quantitative estimate of drug-likeness (QED) is 0.761. The van der Waals surface area contributed by atoms with Crippen LogP contribution in [0.5, 0.6) is 0 Å². The van der Waals surface area contributed by atoms with Crippen molar-refractivity contribution in [1.29, 1.82) is 0 Å². The van der Waals surface area contributed by atoms with Crippen LogP contribution in [0, 0.1) is 0 Å². The van der Waals surface area contributed by atoms with Gasteiger partial charge in [0.05, 0.1) is 0 Å². The van der Waals surface area contributed by atoms with Crippen LogP contribution in [0.2, 0.25) is 5.15 Å². The molecule has 96 valence electrons. The highest BCUT2D eigenvalue weighted by molar-refractivity contribution is 6.30. The van der Waals surface area contributed by atoms with Gasteiger partial charge >= 0.3 is 0 Å². The normalized spacial score (nSPS) is 10.9. The largest absolute Gasteiger partial charge is 0.368 e. The molecule has 1 N–H and O–H groups in total. The third-order valence-electron chi connectivity index (χ3n) is 2.72.